The molecule has 1 heterocycles. The van der Waals surface area contributed by atoms with Gasteiger partial charge in [0.2, 0.25) is 0 Å². The molecule has 9 nitrogen and oxygen atoms in total. The molecule has 0 aliphatic carbocycles. The summed E-state index contributed by atoms with van der Waals surface area (Å²) in [5.41, 5.74) is -0.243. The number of hydrogen-bond donors (Lipinski definition) is 3. The highest BCUT2D eigenvalue weighted by molar-refractivity contribution is 5.72. The van der Waals surface area contributed by atoms with Gasteiger partial charge in [0, 0.05) is 65.4 Å². The van der Waals surface area contributed by atoms with Gasteiger partial charge in [0.05, 0.1) is 31.9 Å². The van der Waals surface area contributed by atoms with Gasteiger partial charge >= 0.3 is 5.97 Å². The third-order valence-corrected chi connectivity index (χ3v) is 6.33. The van der Waals surface area contributed by atoms with Crippen molar-refractivity contribution < 1.29 is 24.9 Å². The zero-order valence-electron chi connectivity index (χ0n) is 25.3. The van der Waals surface area contributed by atoms with Gasteiger partial charge in [-0.2, -0.15) is 0 Å². The first-order chi connectivity index (χ1) is 16.9. The van der Waals surface area contributed by atoms with Crippen LogP contribution in [0.1, 0.15) is 62.3 Å². The van der Waals surface area contributed by atoms with Gasteiger partial charge in [-0.25, -0.2) is 0 Å². The van der Waals surface area contributed by atoms with Crippen molar-refractivity contribution in [3.05, 3.63) is 0 Å². The van der Waals surface area contributed by atoms with Gasteiger partial charge in [0.25, 0.3) is 0 Å². The van der Waals surface area contributed by atoms with Crippen LogP contribution in [0.25, 0.3) is 0 Å². The van der Waals surface area contributed by atoms with Gasteiger partial charge in [0.15, 0.2) is 0 Å². The highest BCUT2D eigenvalue weighted by Gasteiger charge is 2.29. The summed E-state index contributed by atoms with van der Waals surface area (Å²) in [6.45, 7) is 26.6. The lowest BCUT2D eigenvalue weighted by Crippen LogP contribution is -2.54. The van der Waals surface area contributed by atoms with E-state index in [1.165, 1.54) is 0 Å². The van der Waals surface area contributed by atoms with Crippen molar-refractivity contribution in [2.45, 2.75) is 80.1 Å². The standard InChI is InChI=1S/C28H58N4O5/c1-26(2,3)21-30-11-10-29(18-25(36)37-28(7,8)9)14-16-32(23(19-33)24(35)20-34)17-15-31(13-12-30)22-27(4,5)6/h23-24,33-35H,10-22H2,1-9H3. The quantitative estimate of drug-likeness (QED) is 0.402. The Balaban J connectivity index is 3.19. The molecule has 0 bridgehead atoms. The Kier molecular flexibility index (Phi) is 14.0. The number of rotatable bonds is 8. The van der Waals surface area contributed by atoms with Crippen molar-refractivity contribution in [3.8, 4) is 0 Å². The Morgan fingerprint density at radius 3 is 1.49 bits per heavy atom. The molecule has 3 N–H and O–H groups in total. The number of hydrogen-bond acceptors (Lipinski definition) is 9. The molecule has 0 aromatic carbocycles. The molecule has 1 rings (SSSR count). The molecule has 9 heteroatoms. The summed E-state index contributed by atoms with van der Waals surface area (Å²) < 4.78 is 5.60. The summed E-state index contributed by atoms with van der Waals surface area (Å²) >= 11 is 0. The van der Waals surface area contributed by atoms with Crippen LogP contribution in [0, 0.1) is 10.8 Å². The number of aliphatic hydroxyl groups is 3. The lowest BCUT2D eigenvalue weighted by atomic mass is 9.95. The van der Waals surface area contributed by atoms with E-state index in [0.29, 0.717) is 19.6 Å². The SMILES string of the molecule is CC(C)(C)CN1CCN(CC(=O)OC(C)(C)C)CCN(C(CO)C(O)CO)CCN(CC(C)(C)C)CC1. The second-order valence-electron chi connectivity index (χ2n) is 14.1. The maximum atomic E-state index is 12.7. The number of ether oxygens (including phenoxy) is 1. The predicted molar refractivity (Wildman–Crippen MR) is 150 cm³/mol. The van der Waals surface area contributed by atoms with Gasteiger partial charge in [-0.05, 0) is 31.6 Å². The van der Waals surface area contributed by atoms with Crippen LogP contribution in [0.2, 0.25) is 0 Å². The third-order valence-electron chi connectivity index (χ3n) is 6.33. The Labute approximate surface area is 226 Å². The Morgan fingerprint density at radius 2 is 1.11 bits per heavy atom. The summed E-state index contributed by atoms with van der Waals surface area (Å²) in [5, 5.41) is 30.1. The van der Waals surface area contributed by atoms with E-state index in [4.69, 9.17) is 4.74 Å². The van der Waals surface area contributed by atoms with E-state index < -0.39 is 24.4 Å². The first kappa shape index (κ1) is 34.2. The summed E-state index contributed by atoms with van der Waals surface area (Å²) in [5.74, 6) is -0.251. The normalized spacial score (nSPS) is 21.2. The van der Waals surface area contributed by atoms with Crippen molar-refractivity contribution in [2.75, 3.05) is 85.2 Å². The van der Waals surface area contributed by atoms with Crippen LogP contribution in [0.4, 0.5) is 0 Å². The molecule has 0 aromatic heterocycles. The van der Waals surface area contributed by atoms with E-state index in [0.717, 1.165) is 45.8 Å². The second kappa shape index (κ2) is 15.1. The minimum absolute atomic E-state index is 0.141. The molecule has 0 amide bonds. The molecule has 2 atom stereocenters. The molecule has 0 radical (unpaired) electrons. The third kappa shape index (κ3) is 15.4. The minimum atomic E-state index is -1.03. The zero-order chi connectivity index (χ0) is 28.4. The molecule has 1 saturated heterocycles. The number of nitrogens with zero attached hydrogens (tertiary/aromatic N) is 4. The monoisotopic (exact) mass is 530 g/mol. The van der Waals surface area contributed by atoms with E-state index in [9.17, 15) is 20.1 Å². The van der Waals surface area contributed by atoms with Crippen LogP contribution < -0.4 is 0 Å². The lowest BCUT2D eigenvalue weighted by Gasteiger charge is -2.40. The summed E-state index contributed by atoms with van der Waals surface area (Å²) in [4.78, 5) is 21.9. The predicted octanol–water partition coefficient (Wildman–Crippen LogP) is 1.36. The Bertz CT molecular complexity index is 656. The van der Waals surface area contributed by atoms with Crippen LogP contribution in [-0.4, -0.2) is 144 Å². The topological polar surface area (TPSA) is 100.0 Å². The number of carbonyl (C=O) groups excluding carboxylic acids is 1. The Morgan fingerprint density at radius 1 is 0.703 bits per heavy atom. The van der Waals surface area contributed by atoms with Crippen LogP contribution in [-0.2, 0) is 9.53 Å². The Hall–Kier alpha value is -0.810. The fourth-order valence-corrected chi connectivity index (χ4v) is 4.86. The molecule has 0 spiro atoms. The van der Waals surface area contributed by atoms with E-state index in [1.54, 1.807) is 0 Å². The average molecular weight is 531 g/mol. The summed E-state index contributed by atoms with van der Waals surface area (Å²) in [6.07, 6.45) is -1.03. The van der Waals surface area contributed by atoms with Crippen molar-refractivity contribution in [1.29, 1.82) is 0 Å². The molecule has 220 valence electrons. The summed E-state index contributed by atoms with van der Waals surface area (Å²) in [7, 11) is 0. The van der Waals surface area contributed by atoms with Crippen molar-refractivity contribution in [3.63, 3.8) is 0 Å². The average Bonchev–Trinajstić information content (AvgIpc) is 2.72. The van der Waals surface area contributed by atoms with Gasteiger partial charge in [-0.1, -0.05) is 41.5 Å². The maximum absolute atomic E-state index is 12.7. The highest BCUT2D eigenvalue weighted by atomic mass is 16.6. The largest absolute Gasteiger partial charge is 0.459 e. The summed E-state index contributed by atoms with van der Waals surface area (Å²) in [6, 6.07) is -0.565. The van der Waals surface area contributed by atoms with Crippen LogP contribution >= 0.6 is 0 Å². The van der Waals surface area contributed by atoms with Crippen molar-refractivity contribution >= 4 is 5.97 Å². The van der Waals surface area contributed by atoms with Gasteiger partial charge < -0.3 is 29.9 Å². The second-order valence-corrected chi connectivity index (χ2v) is 14.1. The molecule has 0 saturated carbocycles. The van der Waals surface area contributed by atoms with E-state index in [1.807, 2.05) is 20.8 Å². The fourth-order valence-electron chi connectivity index (χ4n) is 4.86. The van der Waals surface area contributed by atoms with Gasteiger partial charge in [-0.15, -0.1) is 0 Å². The molecule has 37 heavy (non-hydrogen) atoms. The first-order valence-corrected chi connectivity index (χ1v) is 14.0. The van der Waals surface area contributed by atoms with E-state index in [-0.39, 0.29) is 30.0 Å². The van der Waals surface area contributed by atoms with Crippen molar-refractivity contribution in [1.82, 2.24) is 19.6 Å². The maximum Gasteiger partial charge on any atom is 0.320 e. The van der Waals surface area contributed by atoms with Crippen LogP contribution in [0.15, 0.2) is 0 Å². The molecular weight excluding hydrogens is 472 g/mol. The molecule has 1 fully saturated rings. The fraction of sp³-hybridized carbons (Fsp3) is 0.964. The van der Waals surface area contributed by atoms with Gasteiger partial charge in [-0.3, -0.25) is 14.6 Å². The molecule has 1 aliphatic heterocycles. The van der Waals surface area contributed by atoms with Gasteiger partial charge in [0.1, 0.15) is 5.60 Å². The lowest BCUT2D eigenvalue weighted by molar-refractivity contribution is -0.156. The molecule has 2 unspecified atom stereocenters. The van der Waals surface area contributed by atoms with Crippen molar-refractivity contribution in [2.24, 2.45) is 10.8 Å². The number of esters is 1. The minimum Gasteiger partial charge on any atom is -0.459 e. The molecule has 1 aliphatic rings. The molecular formula is C28H58N4O5. The highest BCUT2D eigenvalue weighted by Crippen LogP contribution is 2.18. The molecule has 0 aromatic rings. The zero-order valence-corrected chi connectivity index (χ0v) is 25.3. The smallest absolute Gasteiger partial charge is 0.320 e. The number of carbonyl (C=O) groups is 1. The van der Waals surface area contributed by atoms with E-state index in [2.05, 4.69) is 61.1 Å². The number of aliphatic hydroxyl groups excluding tert-OH is 3. The first-order valence-electron chi connectivity index (χ1n) is 14.0. The van der Waals surface area contributed by atoms with Crippen LogP contribution in [0.3, 0.4) is 0 Å². The van der Waals surface area contributed by atoms with E-state index >= 15 is 0 Å². The van der Waals surface area contributed by atoms with Crippen LogP contribution in [0.5, 0.6) is 0 Å².